The minimum atomic E-state index is -0.968. The smallest absolute Gasteiger partial charge is 0.339 e. The van der Waals surface area contributed by atoms with Gasteiger partial charge in [0.25, 0.3) is 0 Å². The van der Waals surface area contributed by atoms with Gasteiger partial charge >= 0.3 is 5.97 Å². The SMILES string of the molecule is CC1CCC(NCc2ncncc2C(=O)O)CC1. The zero-order valence-electron chi connectivity index (χ0n) is 10.6. The molecular weight excluding hydrogens is 230 g/mol. The summed E-state index contributed by atoms with van der Waals surface area (Å²) in [5, 5.41) is 12.4. The molecule has 0 radical (unpaired) electrons. The second-order valence-electron chi connectivity index (χ2n) is 5.03. The molecule has 0 atom stereocenters. The van der Waals surface area contributed by atoms with Crippen molar-refractivity contribution in [2.45, 2.75) is 45.2 Å². The minimum absolute atomic E-state index is 0.189. The fraction of sp³-hybridized carbons (Fsp3) is 0.615. The van der Waals surface area contributed by atoms with Crippen molar-refractivity contribution >= 4 is 5.97 Å². The average Bonchev–Trinajstić information content (AvgIpc) is 2.38. The maximum absolute atomic E-state index is 11.0. The second-order valence-corrected chi connectivity index (χ2v) is 5.03. The third-order valence-corrected chi connectivity index (χ3v) is 3.60. The van der Waals surface area contributed by atoms with Crippen LogP contribution in [0.15, 0.2) is 12.5 Å². The maximum atomic E-state index is 11.0. The molecule has 0 amide bonds. The van der Waals surface area contributed by atoms with Crippen LogP contribution in [0, 0.1) is 5.92 Å². The molecule has 0 aliphatic heterocycles. The van der Waals surface area contributed by atoms with E-state index in [2.05, 4.69) is 22.2 Å². The van der Waals surface area contributed by atoms with Crippen molar-refractivity contribution < 1.29 is 9.90 Å². The van der Waals surface area contributed by atoms with Crippen molar-refractivity contribution in [1.29, 1.82) is 0 Å². The summed E-state index contributed by atoms with van der Waals surface area (Å²) in [7, 11) is 0. The molecule has 18 heavy (non-hydrogen) atoms. The van der Waals surface area contributed by atoms with Crippen molar-refractivity contribution in [1.82, 2.24) is 15.3 Å². The third-order valence-electron chi connectivity index (χ3n) is 3.60. The van der Waals surface area contributed by atoms with Crippen molar-refractivity contribution in [2.24, 2.45) is 5.92 Å². The molecule has 1 aromatic rings. The van der Waals surface area contributed by atoms with E-state index >= 15 is 0 Å². The van der Waals surface area contributed by atoms with Crippen LogP contribution < -0.4 is 5.32 Å². The van der Waals surface area contributed by atoms with E-state index in [0.717, 1.165) is 18.8 Å². The highest BCUT2D eigenvalue weighted by atomic mass is 16.4. The summed E-state index contributed by atoms with van der Waals surface area (Å²) in [6.45, 7) is 2.78. The van der Waals surface area contributed by atoms with E-state index in [-0.39, 0.29) is 5.56 Å². The Bertz CT molecular complexity index is 414. The molecule has 5 heteroatoms. The van der Waals surface area contributed by atoms with Gasteiger partial charge < -0.3 is 10.4 Å². The summed E-state index contributed by atoms with van der Waals surface area (Å²) >= 11 is 0. The van der Waals surface area contributed by atoms with E-state index in [1.54, 1.807) is 0 Å². The molecule has 2 rings (SSSR count). The predicted octanol–water partition coefficient (Wildman–Crippen LogP) is 1.84. The number of carboxylic acids is 1. The van der Waals surface area contributed by atoms with Gasteiger partial charge in [0.15, 0.2) is 0 Å². The lowest BCUT2D eigenvalue weighted by atomic mass is 9.87. The lowest BCUT2D eigenvalue weighted by Crippen LogP contribution is -2.33. The number of hydrogen-bond acceptors (Lipinski definition) is 4. The normalized spacial score (nSPS) is 23.8. The molecule has 0 spiro atoms. The number of carbonyl (C=O) groups is 1. The first-order chi connectivity index (χ1) is 8.66. The van der Waals surface area contributed by atoms with Crippen LogP contribution in [0.25, 0.3) is 0 Å². The molecule has 2 N–H and O–H groups in total. The Labute approximate surface area is 107 Å². The van der Waals surface area contributed by atoms with Crippen LogP contribution in [0.1, 0.15) is 48.7 Å². The largest absolute Gasteiger partial charge is 0.478 e. The summed E-state index contributed by atoms with van der Waals surface area (Å²) in [5.41, 5.74) is 0.755. The molecular formula is C13H19N3O2. The quantitative estimate of drug-likeness (QED) is 0.851. The van der Waals surface area contributed by atoms with Crippen molar-refractivity contribution in [2.75, 3.05) is 0 Å². The van der Waals surface area contributed by atoms with Crippen LogP contribution in [0.2, 0.25) is 0 Å². The third kappa shape index (κ3) is 3.26. The Hall–Kier alpha value is -1.49. The summed E-state index contributed by atoms with van der Waals surface area (Å²) in [4.78, 5) is 18.8. The van der Waals surface area contributed by atoms with E-state index in [9.17, 15) is 4.79 Å². The Morgan fingerprint density at radius 2 is 2.17 bits per heavy atom. The van der Waals surface area contributed by atoms with Gasteiger partial charge in [0.1, 0.15) is 11.9 Å². The lowest BCUT2D eigenvalue weighted by molar-refractivity contribution is 0.0694. The Morgan fingerprint density at radius 3 is 2.83 bits per heavy atom. The standard InChI is InChI=1S/C13H19N3O2/c1-9-2-4-10(5-3-9)15-7-12-11(13(17)18)6-14-8-16-12/h6,8-10,15H,2-5,7H2,1H3,(H,17,18). The molecule has 1 heterocycles. The van der Waals surface area contributed by atoms with Crippen LogP contribution >= 0.6 is 0 Å². The van der Waals surface area contributed by atoms with E-state index in [4.69, 9.17) is 5.11 Å². The van der Waals surface area contributed by atoms with Gasteiger partial charge in [-0.25, -0.2) is 14.8 Å². The van der Waals surface area contributed by atoms with Gasteiger partial charge in [0.05, 0.1) is 5.69 Å². The first-order valence-corrected chi connectivity index (χ1v) is 6.42. The van der Waals surface area contributed by atoms with Crippen molar-refractivity contribution in [3.8, 4) is 0 Å². The molecule has 0 bridgehead atoms. The second kappa shape index (κ2) is 5.91. The van der Waals surface area contributed by atoms with Crippen LogP contribution in [0.5, 0.6) is 0 Å². The zero-order chi connectivity index (χ0) is 13.0. The highest BCUT2D eigenvalue weighted by Gasteiger charge is 2.18. The molecule has 0 aromatic carbocycles. The minimum Gasteiger partial charge on any atom is -0.478 e. The van der Waals surface area contributed by atoms with E-state index in [1.165, 1.54) is 25.4 Å². The van der Waals surface area contributed by atoms with Crippen molar-refractivity contribution in [3.63, 3.8) is 0 Å². The Morgan fingerprint density at radius 1 is 1.44 bits per heavy atom. The molecule has 1 aliphatic carbocycles. The molecule has 1 aliphatic rings. The monoisotopic (exact) mass is 249 g/mol. The molecule has 1 saturated carbocycles. The summed E-state index contributed by atoms with van der Waals surface area (Å²) < 4.78 is 0. The van der Waals surface area contributed by atoms with Gasteiger partial charge in [0, 0.05) is 18.8 Å². The van der Waals surface area contributed by atoms with E-state index in [1.807, 2.05) is 0 Å². The number of nitrogens with one attached hydrogen (secondary N) is 1. The number of hydrogen-bond donors (Lipinski definition) is 2. The van der Waals surface area contributed by atoms with Gasteiger partial charge in [0.2, 0.25) is 0 Å². The number of rotatable bonds is 4. The fourth-order valence-electron chi connectivity index (χ4n) is 2.38. The molecule has 98 valence electrons. The first kappa shape index (κ1) is 13.0. The molecule has 1 aromatic heterocycles. The molecule has 5 nitrogen and oxygen atoms in total. The van der Waals surface area contributed by atoms with Gasteiger partial charge in [-0.05, 0) is 31.6 Å². The Balaban J connectivity index is 1.92. The molecule has 0 saturated heterocycles. The highest BCUT2D eigenvalue weighted by Crippen LogP contribution is 2.23. The van der Waals surface area contributed by atoms with E-state index in [0.29, 0.717) is 18.3 Å². The molecule has 1 fully saturated rings. The van der Waals surface area contributed by atoms with Gasteiger partial charge in [-0.2, -0.15) is 0 Å². The highest BCUT2D eigenvalue weighted by molar-refractivity contribution is 5.88. The van der Waals surface area contributed by atoms with Gasteiger partial charge in [-0.3, -0.25) is 0 Å². The van der Waals surface area contributed by atoms with Gasteiger partial charge in [-0.15, -0.1) is 0 Å². The molecule has 0 unspecified atom stereocenters. The summed E-state index contributed by atoms with van der Waals surface area (Å²) in [6.07, 6.45) is 7.56. The number of carboxylic acid groups (broad SMARTS) is 1. The van der Waals surface area contributed by atoms with Gasteiger partial charge in [-0.1, -0.05) is 6.92 Å². The van der Waals surface area contributed by atoms with Crippen molar-refractivity contribution in [3.05, 3.63) is 23.8 Å². The summed E-state index contributed by atoms with van der Waals surface area (Å²) in [6, 6.07) is 0.484. The summed E-state index contributed by atoms with van der Waals surface area (Å²) in [5.74, 6) is -0.152. The topological polar surface area (TPSA) is 75.1 Å². The number of aromatic nitrogens is 2. The van der Waals surface area contributed by atoms with Crippen LogP contribution in [0.4, 0.5) is 0 Å². The lowest BCUT2D eigenvalue weighted by Gasteiger charge is -2.27. The Kier molecular flexibility index (Phi) is 4.25. The van der Waals surface area contributed by atoms with Crippen LogP contribution in [0.3, 0.4) is 0 Å². The average molecular weight is 249 g/mol. The predicted molar refractivity (Wildman–Crippen MR) is 67.3 cm³/mol. The fourth-order valence-corrected chi connectivity index (χ4v) is 2.38. The number of nitrogens with zero attached hydrogens (tertiary/aromatic N) is 2. The zero-order valence-corrected chi connectivity index (χ0v) is 10.6. The maximum Gasteiger partial charge on any atom is 0.339 e. The van der Waals surface area contributed by atoms with Crippen LogP contribution in [-0.2, 0) is 6.54 Å². The number of aromatic carboxylic acids is 1. The van der Waals surface area contributed by atoms with E-state index < -0.39 is 5.97 Å². The first-order valence-electron chi connectivity index (χ1n) is 6.42. The van der Waals surface area contributed by atoms with Crippen LogP contribution in [-0.4, -0.2) is 27.1 Å².